The highest BCUT2D eigenvalue weighted by molar-refractivity contribution is 6.30. The van der Waals surface area contributed by atoms with Gasteiger partial charge in [-0.05, 0) is 75.1 Å². The fraction of sp³-hybridized carbons (Fsp3) is 0.242. The largest absolute Gasteiger partial charge is 0.508 e. The number of esters is 1. The lowest BCUT2D eigenvalue weighted by Gasteiger charge is -2.24. The van der Waals surface area contributed by atoms with Crippen molar-refractivity contribution in [2.75, 3.05) is 7.11 Å². The number of methoxy groups -OCH3 is 1. The van der Waals surface area contributed by atoms with Crippen molar-refractivity contribution in [3.05, 3.63) is 110 Å². The molecule has 40 heavy (non-hydrogen) atoms. The number of rotatable bonds is 9. The standard InChI is InChI=1S/C33H33ClO6/c1-19-16-27(35)21(3)29(20(19)2)40-32-22(4)28(33(36)37-6)30(38-18-25-12-14-26(34)15-13-25)23(5)31(32)39-17-24-10-8-7-9-11-24/h7-16,35H,17-18H2,1-6H3. The Hall–Kier alpha value is -4.16. The number of phenolic OH excluding ortho intramolecular Hbond substituents is 1. The molecule has 0 unspecified atom stereocenters. The van der Waals surface area contributed by atoms with Crippen LogP contribution in [0.1, 0.15) is 49.3 Å². The third-order valence-electron chi connectivity index (χ3n) is 6.96. The Balaban J connectivity index is 1.88. The van der Waals surface area contributed by atoms with Crippen LogP contribution in [0.4, 0.5) is 0 Å². The van der Waals surface area contributed by atoms with Gasteiger partial charge in [-0.1, -0.05) is 54.1 Å². The third-order valence-corrected chi connectivity index (χ3v) is 7.21. The molecule has 0 amide bonds. The predicted molar refractivity (Wildman–Crippen MR) is 156 cm³/mol. The van der Waals surface area contributed by atoms with Gasteiger partial charge in [0.25, 0.3) is 0 Å². The van der Waals surface area contributed by atoms with Gasteiger partial charge >= 0.3 is 5.97 Å². The van der Waals surface area contributed by atoms with Crippen molar-refractivity contribution in [3.63, 3.8) is 0 Å². The summed E-state index contributed by atoms with van der Waals surface area (Å²) in [5, 5.41) is 11.2. The van der Waals surface area contributed by atoms with Crippen LogP contribution in [0.25, 0.3) is 0 Å². The zero-order valence-corrected chi connectivity index (χ0v) is 24.3. The zero-order chi connectivity index (χ0) is 29.0. The van der Waals surface area contributed by atoms with Gasteiger partial charge in [-0.15, -0.1) is 0 Å². The highest BCUT2D eigenvalue weighted by atomic mass is 35.5. The first kappa shape index (κ1) is 28.8. The molecule has 6 nitrogen and oxygen atoms in total. The van der Waals surface area contributed by atoms with Crippen molar-refractivity contribution in [1.82, 2.24) is 0 Å². The number of hydrogen-bond donors (Lipinski definition) is 1. The fourth-order valence-electron chi connectivity index (χ4n) is 4.46. The van der Waals surface area contributed by atoms with E-state index < -0.39 is 5.97 Å². The maximum absolute atomic E-state index is 13.1. The van der Waals surface area contributed by atoms with E-state index in [0.717, 1.165) is 22.3 Å². The van der Waals surface area contributed by atoms with Gasteiger partial charge in [-0.2, -0.15) is 0 Å². The van der Waals surface area contributed by atoms with E-state index in [1.807, 2.05) is 63.2 Å². The summed E-state index contributed by atoms with van der Waals surface area (Å²) in [4.78, 5) is 13.1. The van der Waals surface area contributed by atoms with Gasteiger partial charge < -0.3 is 24.1 Å². The highest BCUT2D eigenvalue weighted by Gasteiger charge is 2.29. The molecule has 0 aliphatic heterocycles. The van der Waals surface area contributed by atoms with Crippen LogP contribution >= 0.6 is 11.6 Å². The molecule has 7 heteroatoms. The minimum atomic E-state index is -0.563. The maximum atomic E-state index is 13.1. The molecule has 0 aromatic heterocycles. The van der Waals surface area contributed by atoms with Gasteiger partial charge in [0.2, 0.25) is 0 Å². The Morgan fingerprint density at radius 2 is 1.32 bits per heavy atom. The zero-order valence-electron chi connectivity index (χ0n) is 23.6. The fourth-order valence-corrected chi connectivity index (χ4v) is 4.59. The molecule has 4 aromatic rings. The van der Waals surface area contributed by atoms with Crippen LogP contribution in [0.3, 0.4) is 0 Å². The van der Waals surface area contributed by atoms with E-state index in [1.54, 1.807) is 32.0 Å². The van der Waals surface area contributed by atoms with E-state index in [9.17, 15) is 9.90 Å². The lowest BCUT2D eigenvalue weighted by Crippen LogP contribution is -2.13. The summed E-state index contributed by atoms with van der Waals surface area (Å²) in [6.07, 6.45) is 0. The Labute approximate surface area is 240 Å². The molecule has 4 rings (SSSR count). The summed E-state index contributed by atoms with van der Waals surface area (Å²) < 4.78 is 24.4. The molecule has 0 aliphatic rings. The average Bonchev–Trinajstić information content (AvgIpc) is 2.95. The molecule has 208 valence electrons. The molecule has 0 fully saturated rings. The van der Waals surface area contributed by atoms with Crippen molar-refractivity contribution in [1.29, 1.82) is 0 Å². The minimum Gasteiger partial charge on any atom is -0.508 e. The molecule has 0 saturated heterocycles. The Morgan fingerprint density at radius 3 is 1.95 bits per heavy atom. The molecule has 0 atom stereocenters. The van der Waals surface area contributed by atoms with Gasteiger partial charge in [0, 0.05) is 21.7 Å². The summed E-state index contributed by atoms with van der Waals surface area (Å²) in [7, 11) is 1.33. The van der Waals surface area contributed by atoms with Crippen LogP contribution in [-0.2, 0) is 18.0 Å². The van der Waals surface area contributed by atoms with E-state index >= 15 is 0 Å². The van der Waals surface area contributed by atoms with Crippen LogP contribution in [0, 0.1) is 34.6 Å². The van der Waals surface area contributed by atoms with Gasteiger partial charge in [0.15, 0.2) is 11.5 Å². The Kier molecular flexibility index (Phi) is 8.90. The molecule has 0 aliphatic carbocycles. The second-order valence-corrected chi connectivity index (χ2v) is 10.1. The van der Waals surface area contributed by atoms with E-state index in [2.05, 4.69) is 0 Å². The summed E-state index contributed by atoms with van der Waals surface area (Å²) in [6, 6.07) is 18.8. The van der Waals surface area contributed by atoms with Crippen LogP contribution < -0.4 is 14.2 Å². The van der Waals surface area contributed by atoms with Gasteiger partial charge in [0.1, 0.15) is 36.0 Å². The molecular weight excluding hydrogens is 528 g/mol. The topological polar surface area (TPSA) is 74.2 Å². The summed E-state index contributed by atoms with van der Waals surface area (Å²) in [5.74, 6) is 1.18. The summed E-state index contributed by atoms with van der Waals surface area (Å²) in [6.45, 7) is 9.67. The molecule has 0 bridgehead atoms. The highest BCUT2D eigenvalue weighted by Crippen LogP contribution is 2.48. The lowest BCUT2D eigenvalue weighted by atomic mass is 10.00. The number of hydrogen-bond acceptors (Lipinski definition) is 6. The van der Waals surface area contributed by atoms with E-state index in [-0.39, 0.29) is 24.5 Å². The van der Waals surface area contributed by atoms with Gasteiger partial charge in [-0.25, -0.2) is 4.79 Å². The smallest absolute Gasteiger partial charge is 0.342 e. The summed E-state index contributed by atoms with van der Waals surface area (Å²) in [5.41, 5.74) is 5.47. The molecule has 1 N–H and O–H groups in total. The number of ether oxygens (including phenoxy) is 4. The van der Waals surface area contributed by atoms with Crippen LogP contribution in [0.5, 0.6) is 28.7 Å². The number of carbonyl (C=O) groups is 1. The van der Waals surface area contributed by atoms with Crippen molar-refractivity contribution in [2.45, 2.75) is 47.8 Å². The van der Waals surface area contributed by atoms with Gasteiger partial charge in [0.05, 0.1) is 7.11 Å². The molecular formula is C33H33ClO6. The average molecular weight is 561 g/mol. The Bertz CT molecular complexity index is 1500. The van der Waals surface area contributed by atoms with Crippen LogP contribution in [-0.4, -0.2) is 18.2 Å². The number of phenols is 1. The van der Waals surface area contributed by atoms with E-state index in [4.69, 9.17) is 30.5 Å². The second-order valence-electron chi connectivity index (χ2n) is 9.69. The number of aryl methyl sites for hydroxylation is 1. The number of carbonyl (C=O) groups excluding carboxylic acids is 1. The van der Waals surface area contributed by atoms with E-state index in [0.29, 0.717) is 44.7 Å². The van der Waals surface area contributed by atoms with Crippen molar-refractivity contribution >= 4 is 17.6 Å². The van der Waals surface area contributed by atoms with E-state index in [1.165, 1.54) is 7.11 Å². The quantitative estimate of drug-likeness (QED) is 0.207. The molecule has 0 saturated carbocycles. The normalized spacial score (nSPS) is 10.8. The molecule has 0 spiro atoms. The third kappa shape index (κ3) is 6.02. The van der Waals surface area contributed by atoms with Crippen molar-refractivity contribution < 1.29 is 28.8 Å². The summed E-state index contributed by atoms with van der Waals surface area (Å²) >= 11 is 6.04. The van der Waals surface area contributed by atoms with Crippen LogP contribution in [0.2, 0.25) is 5.02 Å². The second kappa shape index (κ2) is 12.3. The number of aromatic hydroxyl groups is 1. The minimum absolute atomic E-state index is 0.121. The first-order chi connectivity index (χ1) is 19.1. The maximum Gasteiger partial charge on any atom is 0.342 e. The first-order valence-electron chi connectivity index (χ1n) is 12.9. The number of halogens is 1. The number of benzene rings is 4. The monoisotopic (exact) mass is 560 g/mol. The van der Waals surface area contributed by atoms with Crippen molar-refractivity contribution in [3.8, 4) is 28.7 Å². The molecule has 0 radical (unpaired) electrons. The first-order valence-corrected chi connectivity index (χ1v) is 13.3. The van der Waals surface area contributed by atoms with Gasteiger partial charge in [-0.3, -0.25) is 0 Å². The van der Waals surface area contributed by atoms with Crippen LogP contribution in [0.15, 0.2) is 60.7 Å². The SMILES string of the molecule is COC(=O)c1c(C)c(Oc2c(C)c(C)cc(O)c2C)c(OCc2ccccc2)c(C)c1OCc1ccc(Cl)cc1. The molecule has 4 aromatic carbocycles. The molecule has 0 heterocycles. The van der Waals surface area contributed by atoms with Crippen molar-refractivity contribution in [2.24, 2.45) is 0 Å². The predicted octanol–water partition coefficient (Wildman–Crippen LogP) is 8.32. The Morgan fingerprint density at radius 1 is 0.725 bits per heavy atom. The lowest BCUT2D eigenvalue weighted by molar-refractivity contribution is 0.0593.